The summed E-state index contributed by atoms with van der Waals surface area (Å²) < 4.78 is 12.4. The zero-order chi connectivity index (χ0) is 28.2. The van der Waals surface area contributed by atoms with Gasteiger partial charge in [0, 0.05) is 38.3 Å². The molecule has 1 heterocycles. The van der Waals surface area contributed by atoms with Gasteiger partial charge in [0.05, 0.1) is 19.0 Å². The SMILES string of the molecule is CCC(C)COc1ccc(-c2cc[c-]c(-c3cccc(CCCC(O)=CC(C)=O)n3)c2)cc1OCC(C)CC.[Ir]. The molecule has 217 valence electrons. The van der Waals surface area contributed by atoms with Crippen molar-refractivity contribution in [2.75, 3.05) is 13.2 Å². The molecule has 0 saturated heterocycles. The van der Waals surface area contributed by atoms with Crippen LogP contribution in [0.4, 0.5) is 0 Å². The van der Waals surface area contributed by atoms with Gasteiger partial charge in [-0.3, -0.25) is 4.79 Å². The number of rotatable bonds is 15. The monoisotopic (exact) mass is 721 g/mol. The largest absolute Gasteiger partial charge is 0.512 e. The number of hydrogen-bond acceptors (Lipinski definition) is 5. The summed E-state index contributed by atoms with van der Waals surface area (Å²) in [5, 5.41) is 9.84. The van der Waals surface area contributed by atoms with Crippen LogP contribution in [0.15, 0.2) is 66.4 Å². The first-order valence-electron chi connectivity index (χ1n) is 14.1. The Kier molecular flexibility index (Phi) is 14.1. The number of aryl methyl sites for hydroxylation is 1. The summed E-state index contributed by atoms with van der Waals surface area (Å²) in [5.74, 6) is 2.46. The number of aromatic nitrogens is 1. The van der Waals surface area contributed by atoms with Crippen LogP contribution in [0.3, 0.4) is 0 Å². The third-order valence-electron chi connectivity index (χ3n) is 6.84. The minimum absolute atomic E-state index is 0. The number of benzene rings is 2. The van der Waals surface area contributed by atoms with Crippen molar-refractivity contribution in [3.05, 3.63) is 78.2 Å². The maximum atomic E-state index is 11.1. The molecule has 6 heteroatoms. The van der Waals surface area contributed by atoms with Crippen molar-refractivity contribution in [3.8, 4) is 33.9 Å². The van der Waals surface area contributed by atoms with Crippen LogP contribution in [0.1, 0.15) is 66.0 Å². The molecule has 0 amide bonds. The molecule has 0 spiro atoms. The predicted molar refractivity (Wildman–Crippen MR) is 158 cm³/mol. The van der Waals surface area contributed by atoms with Crippen LogP contribution >= 0.6 is 0 Å². The minimum Gasteiger partial charge on any atom is -0.512 e. The minimum atomic E-state index is -0.148. The molecule has 0 fully saturated rings. The van der Waals surface area contributed by atoms with E-state index in [4.69, 9.17) is 14.5 Å². The van der Waals surface area contributed by atoms with Gasteiger partial charge in [-0.25, -0.2) is 0 Å². The fourth-order valence-corrected chi connectivity index (χ4v) is 3.94. The molecule has 1 radical (unpaired) electrons. The van der Waals surface area contributed by atoms with Gasteiger partial charge in [-0.2, -0.15) is 0 Å². The second-order valence-electron chi connectivity index (χ2n) is 10.4. The Morgan fingerprint density at radius 3 is 2.33 bits per heavy atom. The maximum Gasteiger partial charge on any atom is 0.161 e. The summed E-state index contributed by atoms with van der Waals surface area (Å²) in [7, 11) is 0. The van der Waals surface area contributed by atoms with Crippen LogP contribution in [-0.4, -0.2) is 29.1 Å². The molecule has 0 aliphatic rings. The number of hydrogen-bond donors (Lipinski definition) is 1. The topological polar surface area (TPSA) is 68.7 Å². The fraction of sp³-hybridized carbons (Fsp3) is 0.412. The van der Waals surface area contributed by atoms with Crippen molar-refractivity contribution in [2.24, 2.45) is 11.8 Å². The van der Waals surface area contributed by atoms with E-state index in [2.05, 4.69) is 52.0 Å². The molecule has 0 aliphatic carbocycles. The first-order chi connectivity index (χ1) is 18.8. The van der Waals surface area contributed by atoms with Crippen LogP contribution in [0, 0.1) is 17.9 Å². The smallest absolute Gasteiger partial charge is 0.161 e. The molecule has 0 saturated carbocycles. The summed E-state index contributed by atoms with van der Waals surface area (Å²) in [6.45, 7) is 11.5. The van der Waals surface area contributed by atoms with Crippen molar-refractivity contribution >= 4 is 5.78 Å². The second-order valence-corrected chi connectivity index (χ2v) is 10.4. The van der Waals surface area contributed by atoms with Gasteiger partial charge >= 0.3 is 0 Å². The number of aliphatic hydroxyl groups is 1. The van der Waals surface area contributed by atoms with E-state index >= 15 is 0 Å². The third kappa shape index (κ3) is 10.6. The maximum absolute atomic E-state index is 11.1. The Morgan fingerprint density at radius 2 is 1.65 bits per heavy atom. The molecule has 40 heavy (non-hydrogen) atoms. The van der Waals surface area contributed by atoms with Gasteiger partial charge in [-0.1, -0.05) is 58.7 Å². The molecular weight excluding hydrogens is 679 g/mol. The van der Waals surface area contributed by atoms with Gasteiger partial charge in [0.2, 0.25) is 0 Å². The number of pyridine rings is 1. The average molecular weight is 721 g/mol. The number of carbonyl (C=O) groups excluding carboxylic acids is 1. The van der Waals surface area contributed by atoms with Gasteiger partial charge in [0.25, 0.3) is 0 Å². The van der Waals surface area contributed by atoms with Crippen molar-refractivity contribution in [3.63, 3.8) is 0 Å². The molecule has 3 aromatic rings. The van der Waals surface area contributed by atoms with Crippen molar-refractivity contribution in [1.82, 2.24) is 4.98 Å². The Balaban J connectivity index is 0.00000560. The van der Waals surface area contributed by atoms with E-state index in [9.17, 15) is 9.90 Å². The number of ketones is 1. The summed E-state index contributed by atoms with van der Waals surface area (Å²) in [4.78, 5) is 16.0. The Bertz CT molecular complexity index is 1260. The van der Waals surface area contributed by atoms with E-state index in [-0.39, 0.29) is 31.6 Å². The molecule has 5 nitrogen and oxygen atoms in total. The summed E-state index contributed by atoms with van der Waals surface area (Å²) >= 11 is 0. The molecule has 2 atom stereocenters. The molecule has 2 unspecified atom stereocenters. The summed E-state index contributed by atoms with van der Waals surface area (Å²) in [6, 6.07) is 21.5. The summed E-state index contributed by atoms with van der Waals surface area (Å²) in [5.41, 5.74) is 4.79. The van der Waals surface area contributed by atoms with Crippen molar-refractivity contribution < 1.29 is 39.5 Å². The van der Waals surface area contributed by atoms with E-state index in [0.717, 1.165) is 52.4 Å². The Labute approximate surface area is 253 Å². The van der Waals surface area contributed by atoms with E-state index < -0.39 is 0 Å². The molecule has 3 rings (SSSR count). The van der Waals surface area contributed by atoms with Gasteiger partial charge < -0.3 is 19.6 Å². The number of allylic oxidation sites excluding steroid dienone is 2. The zero-order valence-electron chi connectivity index (χ0n) is 24.3. The van der Waals surface area contributed by atoms with E-state index in [1.54, 1.807) is 0 Å². The Hall–Kier alpha value is -2.95. The molecule has 2 aromatic carbocycles. The van der Waals surface area contributed by atoms with Crippen LogP contribution in [-0.2, 0) is 31.3 Å². The first-order valence-corrected chi connectivity index (χ1v) is 14.1. The van der Waals surface area contributed by atoms with Crippen molar-refractivity contribution in [2.45, 2.75) is 66.7 Å². The average Bonchev–Trinajstić information content (AvgIpc) is 2.94. The van der Waals surface area contributed by atoms with Gasteiger partial charge in [-0.15, -0.1) is 35.4 Å². The number of nitrogens with zero attached hydrogens (tertiary/aromatic N) is 1. The normalized spacial score (nSPS) is 12.8. The molecule has 0 aliphatic heterocycles. The van der Waals surface area contributed by atoms with Crippen molar-refractivity contribution in [1.29, 1.82) is 0 Å². The van der Waals surface area contributed by atoms with Gasteiger partial charge in [0.15, 0.2) is 17.3 Å². The molecule has 0 bridgehead atoms. The van der Waals surface area contributed by atoms with Gasteiger partial charge in [0.1, 0.15) is 0 Å². The predicted octanol–water partition coefficient (Wildman–Crippen LogP) is 8.42. The van der Waals surface area contributed by atoms with Crippen LogP contribution in [0.2, 0.25) is 0 Å². The van der Waals surface area contributed by atoms with Crippen LogP contribution in [0.25, 0.3) is 22.4 Å². The van der Waals surface area contributed by atoms with Gasteiger partial charge in [-0.05, 0) is 61.1 Å². The third-order valence-corrected chi connectivity index (χ3v) is 6.84. The molecule has 1 N–H and O–H groups in total. The number of ether oxygens (including phenoxy) is 2. The molecular formula is C34H42IrNO4-. The quantitative estimate of drug-likeness (QED) is 0.0971. The summed E-state index contributed by atoms with van der Waals surface area (Å²) in [6.07, 6.45) is 5.27. The second kappa shape index (κ2) is 17.0. The van der Waals surface area contributed by atoms with E-state index in [1.165, 1.54) is 13.0 Å². The van der Waals surface area contributed by atoms with Crippen LogP contribution in [0.5, 0.6) is 11.5 Å². The van der Waals surface area contributed by atoms with Crippen LogP contribution < -0.4 is 9.47 Å². The van der Waals surface area contributed by atoms with E-state index in [1.807, 2.05) is 36.4 Å². The Morgan fingerprint density at radius 1 is 0.975 bits per heavy atom. The zero-order valence-corrected chi connectivity index (χ0v) is 26.7. The fourth-order valence-electron chi connectivity index (χ4n) is 3.94. The molecule has 1 aromatic heterocycles. The number of carbonyl (C=O) groups is 1. The number of aliphatic hydroxyl groups excluding tert-OH is 1. The van der Waals surface area contributed by atoms with E-state index in [0.29, 0.717) is 44.3 Å². The standard InChI is InChI=1S/C34H42NO4.Ir/c1-6-24(3)22-38-33-18-17-28(21-34(33)39-23-25(4)7-2)27-11-8-12-29(20-27)32-16-10-14-30(35-32)13-9-15-31(37)19-26(5)36;/h8,10-11,14,16-21,24-25,37H,6-7,9,13,15,22-23H2,1-5H3;/q-1;. The first kappa shape index (κ1) is 33.3.